The third kappa shape index (κ3) is 4.00. The van der Waals surface area contributed by atoms with Gasteiger partial charge >= 0.3 is 0 Å². The third-order valence-electron chi connectivity index (χ3n) is 6.40. The van der Waals surface area contributed by atoms with E-state index in [0.717, 1.165) is 18.2 Å². The first-order valence-electron chi connectivity index (χ1n) is 10.2. The van der Waals surface area contributed by atoms with Crippen molar-refractivity contribution >= 4 is 17.5 Å². The Morgan fingerprint density at radius 1 is 1.19 bits per heavy atom. The zero-order valence-corrected chi connectivity index (χ0v) is 17.3. The maximum atomic E-state index is 15.3. The van der Waals surface area contributed by atoms with Gasteiger partial charge in [-0.05, 0) is 57.7 Å². The molecule has 1 spiro atoms. The van der Waals surface area contributed by atoms with Gasteiger partial charge in [-0.15, -0.1) is 0 Å². The topological polar surface area (TPSA) is 75.2 Å². The fourth-order valence-corrected chi connectivity index (χ4v) is 4.56. The van der Waals surface area contributed by atoms with E-state index in [-0.39, 0.29) is 36.7 Å². The molecule has 6 nitrogen and oxygen atoms in total. The maximum absolute atomic E-state index is 15.3. The number of benzene rings is 1. The zero-order chi connectivity index (χ0) is 22.4. The molecule has 1 aromatic carbocycles. The van der Waals surface area contributed by atoms with Crippen LogP contribution in [0.5, 0.6) is 0 Å². The van der Waals surface area contributed by atoms with Gasteiger partial charge in [-0.2, -0.15) is 0 Å². The minimum atomic E-state index is -1.71. The Bertz CT molecular complexity index is 1020. The number of alkyl halides is 1. The summed E-state index contributed by atoms with van der Waals surface area (Å²) in [7, 11) is 0. The second-order valence-electron chi connectivity index (χ2n) is 8.61. The minimum Gasteiger partial charge on any atom is -0.345 e. The molecule has 0 radical (unpaired) electrons. The van der Waals surface area contributed by atoms with Crippen molar-refractivity contribution in [2.45, 2.75) is 51.2 Å². The number of aryl methyl sites for hydroxylation is 1. The molecule has 1 saturated carbocycles. The van der Waals surface area contributed by atoms with Gasteiger partial charge in [-0.25, -0.2) is 23.1 Å². The standard InChI is InChI=1S/C22H23F3N4O2/c1-13-26-7-3-17(27-13)19(30)28-18-12-22(5-4-21(18,2)25)6-8-29(20(22)31)16-10-14(23)9-15(24)11-16/h3,7,9-11,18H,4-6,8,12H2,1-2H3,(H,28,30). The summed E-state index contributed by atoms with van der Waals surface area (Å²) in [5.41, 5.74) is -2.34. The summed E-state index contributed by atoms with van der Waals surface area (Å²) in [6, 6.07) is 3.50. The van der Waals surface area contributed by atoms with Crippen LogP contribution in [0.1, 0.15) is 48.9 Å². The van der Waals surface area contributed by atoms with Gasteiger partial charge in [0.1, 0.15) is 28.8 Å². The van der Waals surface area contributed by atoms with E-state index in [9.17, 15) is 18.4 Å². The molecule has 9 heteroatoms. The summed E-state index contributed by atoms with van der Waals surface area (Å²) < 4.78 is 42.6. The van der Waals surface area contributed by atoms with E-state index >= 15 is 4.39 Å². The lowest BCUT2D eigenvalue weighted by Crippen LogP contribution is -2.56. The van der Waals surface area contributed by atoms with E-state index in [0.29, 0.717) is 18.7 Å². The van der Waals surface area contributed by atoms with Crippen LogP contribution in [-0.4, -0.2) is 40.0 Å². The monoisotopic (exact) mass is 432 g/mol. The number of carbonyl (C=O) groups excluding carboxylic acids is 2. The highest BCUT2D eigenvalue weighted by Gasteiger charge is 2.55. The number of hydrogen-bond acceptors (Lipinski definition) is 4. The predicted octanol–water partition coefficient (Wildman–Crippen LogP) is 3.50. The summed E-state index contributed by atoms with van der Waals surface area (Å²) in [4.78, 5) is 35.3. The molecule has 0 bridgehead atoms. The van der Waals surface area contributed by atoms with Gasteiger partial charge in [0, 0.05) is 24.5 Å². The summed E-state index contributed by atoms with van der Waals surface area (Å²) in [6.07, 6.45) is 2.34. The molecule has 2 aromatic rings. The Hall–Kier alpha value is -2.97. The fraction of sp³-hybridized carbons (Fsp3) is 0.455. The lowest BCUT2D eigenvalue weighted by atomic mass is 9.66. The number of hydrogen-bond donors (Lipinski definition) is 1. The highest BCUT2D eigenvalue weighted by Crippen LogP contribution is 2.49. The zero-order valence-electron chi connectivity index (χ0n) is 17.3. The summed E-state index contributed by atoms with van der Waals surface area (Å²) >= 11 is 0. The van der Waals surface area contributed by atoms with Crippen molar-refractivity contribution in [3.8, 4) is 0 Å². The molecule has 1 aromatic heterocycles. The molecule has 1 aliphatic heterocycles. The number of anilines is 1. The second kappa shape index (κ2) is 7.62. The van der Waals surface area contributed by atoms with E-state index in [1.165, 1.54) is 24.1 Å². The van der Waals surface area contributed by atoms with Crippen molar-refractivity contribution in [1.82, 2.24) is 15.3 Å². The van der Waals surface area contributed by atoms with Crippen LogP contribution in [0, 0.1) is 24.0 Å². The van der Waals surface area contributed by atoms with Crippen molar-refractivity contribution < 1.29 is 22.8 Å². The van der Waals surface area contributed by atoms with Crippen LogP contribution < -0.4 is 10.2 Å². The second-order valence-corrected chi connectivity index (χ2v) is 8.61. The van der Waals surface area contributed by atoms with Crippen molar-refractivity contribution in [3.05, 3.63) is 53.6 Å². The molecule has 1 aliphatic carbocycles. The quantitative estimate of drug-likeness (QED) is 0.806. The van der Waals surface area contributed by atoms with Gasteiger partial charge in [0.05, 0.1) is 11.5 Å². The van der Waals surface area contributed by atoms with E-state index in [1.807, 2.05) is 0 Å². The molecule has 2 aliphatic rings. The first-order valence-corrected chi connectivity index (χ1v) is 10.2. The Morgan fingerprint density at radius 3 is 2.58 bits per heavy atom. The number of halogens is 3. The minimum absolute atomic E-state index is 0.0812. The number of aromatic nitrogens is 2. The van der Waals surface area contributed by atoms with Crippen LogP contribution in [0.2, 0.25) is 0 Å². The molecule has 3 unspecified atom stereocenters. The third-order valence-corrected chi connectivity index (χ3v) is 6.40. The molecule has 2 heterocycles. The molecular weight excluding hydrogens is 409 g/mol. The SMILES string of the molecule is Cc1nccc(C(=O)NC2CC3(CCN(c4cc(F)cc(F)c4)C3=O)CCC2(C)F)n1. The lowest BCUT2D eigenvalue weighted by molar-refractivity contribution is -0.129. The Morgan fingerprint density at radius 2 is 1.90 bits per heavy atom. The summed E-state index contributed by atoms with van der Waals surface area (Å²) in [6.45, 7) is 3.33. The van der Waals surface area contributed by atoms with Gasteiger partial charge in [-0.1, -0.05) is 0 Å². The van der Waals surface area contributed by atoms with Crippen LogP contribution in [0.15, 0.2) is 30.5 Å². The van der Waals surface area contributed by atoms with Crippen LogP contribution in [0.4, 0.5) is 18.9 Å². The molecular formula is C22H23F3N4O2. The number of nitrogens with one attached hydrogen (secondary N) is 1. The smallest absolute Gasteiger partial charge is 0.270 e. The van der Waals surface area contributed by atoms with E-state index in [1.54, 1.807) is 6.92 Å². The fourth-order valence-electron chi connectivity index (χ4n) is 4.56. The van der Waals surface area contributed by atoms with Crippen molar-refractivity contribution in [1.29, 1.82) is 0 Å². The average molecular weight is 432 g/mol. The van der Waals surface area contributed by atoms with Crippen molar-refractivity contribution in [3.63, 3.8) is 0 Å². The van der Waals surface area contributed by atoms with Gasteiger partial charge < -0.3 is 10.2 Å². The van der Waals surface area contributed by atoms with E-state index in [2.05, 4.69) is 15.3 Å². The number of nitrogens with zero attached hydrogens (tertiary/aromatic N) is 3. The van der Waals surface area contributed by atoms with Crippen molar-refractivity contribution in [2.24, 2.45) is 5.41 Å². The Kier molecular flexibility index (Phi) is 5.23. The molecule has 31 heavy (non-hydrogen) atoms. The number of carbonyl (C=O) groups is 2. The van der Waals surface area contributed by atoms with E-state index in [4.69, 9.17) is 0 Å². The summed E-state index contributed by atoms with van der Waals surface area (Å²) in [5.74, 6) is -1.96. The average Bonchev–Trinajstić information content (AvgIpc) is 3.00. The van der Waals surface area contributed by atoms with Crippen LogP contribution in [0.3, 0.4) is 0 Å². The highest BCUT2D eigenvalue weighted by molar-refractivity contribution is 6.00. The highest BCUT2D eigenvalue weighted by atomic mass is 19.1. The molecule has 2 fully saturated rings. The Balaban J connectivity index is 1.56. The molecule has 4 rings (SSSR count). The van der Waals surface area contributed by atoms with E-state index < -0.39 is 34.7 Å². The number of rotatable bonds is 3. The first kappa shape index (κ1) is 21.3. The Labute approximate surface area is 177 Å². The molecule has 1 N–H and O–H groups in total. The van der Waals surface area contributed by atoms with Gasteiger partial charge in [0.25, 0.3) is 5.91 Å². The normalized spacial score (nSPS) is 28.2. The van der Waals surface area contributed by atoms with Crippen molar-refractivity contribution in [2.75, 3.05) is 11.4 Å². The molecule has 164 valence electrons. The van der Waals surface area contributed by atoms with Crippen LogP contribution in [-0.2, 0) is 4.79 Å². The predicted molar refractivity (Wildman–Crippen MR) is 107 cm³/mol. The maximum Gasteiger partial charge on any atom is 0.270 e. The summed E-state index contributed by atoms with van der Waals surface area (Å²) in [5, 5.41) is 2.70. The first-order chi connectivity index (χ1) is 14.6. The van der Waals surface area contributed by atoms with Gasteiger partial charge in [0.2, 0.25) is 5.91 Å². The van der Waals surface area contributed by atoms with Crippen LogP contribution in [0.25, 0.3) is 0 Å². The molecule has 1 saturated heterocycles. The molecule has 2 amide bonds. The largest absolute Gasteiger partial charge is 0.345 e. The molecule has 3 atom stereocenters. The number of amides is 2. The lowest BCUT2D eigenvalue weighted by Gasteiger charge is -2.43. The van der Waals surface area contributed by atoms with Crippen LogP contribution >= 0.6 is 0 Å². The van der Waals surface area contributed by atoms with Gasteiger partial charge in [-0.3, -0.25) is 9.59 Å². The van der Waals surface area contributed by atoms with Gasteiger partial charge in [0.15, 0.2) is 0 Å².